The number of thiol groups is 2. The van der Waals surface area contributed by atoms with Gasteiger partial charge in [-0.05, 0) is 48.5 Å². The van der Waals surface area contributed by atoms with E-state index < -0.39 is 0 Å². The van der Waals surface area contributed by atoms with Gasteiger partial charge in [-0.1, -0.05) is 25.6 Å². The van der Waals surface area contributed by atoms with Crippen LogP contribution < -0.4 is 0 Å². The Balaban J connectivity index is 1.88. The van der Waals surface area contributed by atoms with E-state index in [1.54, 1.807) is 11.8 Å². The molecule has 0 aromatic heterocycles. The fourth-order valence-corrected chi connectivity index (χ4v) is 4.57. The average Bonchev–Trinajstić information content (AvgIpc) is 2.53. The van der Waals surface area contributed by atoms with E-state index in [-0.39, 0.29) is 0 Å². The van der Waals surface area contributed by atoms with Crippen molar-refractivity contribution in [2.24, 2.45) is 0 Å². The average molecular weight is 399 g/mol. The number of hydrogen-bond acceptors (Lipinski definition) is 5. The van der Waals surface area contributed by atoms with Crippen molar-refractivity contribution in [2.75, 3.05) is 11.5 Å². The van der Waals surface area contributed by atoms with Crippen molar-refractivity contribution in [1.29, 1.82) is 0 Å². The maximum Gasteiger partial charge on any atom is 0.0123 e. The first-order chi connectivity index (χ1) is 11.0. The highest BCUT2D eigenvalue weighted by atomic mass is 32.2. The molecule has 0 bridgehead atoms. The summed E-state index contributed by atoms with van der Waals surface area (Å²) < 4.78 is 0. The van der Waals surface area contributed by atoms with Crippen LogP contribution in [0.4, 0.5) is 0 Å². The Kier molecular flexibility index (Phi) is 8.69. The van der Waals surface area contributed by atoms with Crippen LogP contribution in [0.15, 0.2) is 68.1 Å². The topological polar surface area (TPSA) is 0 Å². The second-order valence-corrected chi connectivity index (χ2v) is 10.5. The number of thioether (sulfide) groups is 2. The predicted molar refractivity (Wildman–Crippen MR) is 115 cm³/mol. The molecule has 5 heteroatoms. The highest BCUT2D eigenvalue weighted by Crippen LogP contribution is 2.31. The molecule has 0 nitrogen and oxygen atoms in total. The molecule has 0 aliphatic heterocycles. The van der Waals surface area contributed by atoms with Crippen molar-refractivity contribution in [1.82, 2.24) is 0 Å². The molecular weight excluding hydrogens is 377 g/mol. The summed E-state index contributed by atoms with van der Waals surface area (Å²) in [4.78, 5) is 5.17. The molecule has 2 aromatic rings. The zero-order chi connectivity index (χ0) is 16.7. The molecule has 2 atom stereocenters. The normalized spacial score (nSPS) is 13.7. The Labute approximate surface area is 163 Å². The van der Waals surface area contributed by atoms with Gasteiger partial charge in [-0.25, -0.2) is 0 Å². The number of benzene rings is 2. The van der Waals surface area contributed by atoms with Gasteiger partial charge in [0.2, 0.25) is 0 Å². The van der Waals surface area contributed by atoms with E-state index in [4.69, 9.17) is 0 Å². The Morgan fingerprint density at radius 2 is 0.957 bits per heavy atom. The molecule has 2 unspecified atom stereocenters. The van der Waals surface area contributed by atoms with Crippen LogP contribution in [0.25, 0.3) is 0 Å². The Hall–Kier alpha value is 0.190. The predicted octanol–water partition coefficient (Wildman–Crippen LogP) is 6.66. The maximum atomic E-state index is 4.42. The lowest BCUT2D eigenvalue weighted by molar-refractivity contribution is 1.14. The van der Waals surface area contributed by atoms with Gasteiger partial charge in [-0.15, -0.1) is 23.5 Å². The highest BCUT2D eigenvalue weighted by molar-refractivity contribution is 8.00. The second-order valence-electron chi connectivity index (χ2n) is 5.36. The third-order valence-electron chi connectivity index (χ3n) is 2.87. The van der Waals surface area contributed by atoms with Crippen LogP contribution in [0.1, 0.15) is 13.8 Å². The molecule has 0 spiro atoms. The molecule has 0 saturated carbocycles. The van der Waals surface area contributed by atoms with Crippen LogP contribution in [-0.2, 0) is 0 Å². The first-order valence-corrected chi connectivity index (χ1v) is 11.3. The Morgan fingerprint density at radius 3 is 1.26 bits per heavy atom. The molecule has 0 radical (unpaired) electrons. The van der Waals surface area contributed by atoms with E-state index in [9.17, 15) is 0 Å². The fraction of sp³-hybridized carbons (Fsp3) is 0.333. The van der Waals surface area contributed by atoms with Crippen molar-refractivity contribution in [3.05, 3.63) is 48.5 Å². The van der Waals surface area contributed by atoms with Crippen molar-refractivity contribution in [2.45, 2.75) is 43.9 Å². The smallest absolute Gasteiger partial charge is 0.0123 e. The van der Waals surface area contributed by atoms with Gasteiger partial charge < -0.3 is 0 Å². The molecule has 2 aromatic carbocycles. The summed E-state index contributed by atoms with van der Waals surface area (Å²) in [5.41, 5.74) is 0. The van der Waals surface area contributed by atoms with Gasteiger partial charge in [0.05, 0.1) is 0 Å². The van der Waals surface area contributed by atoms with Crippen LogP contribution in [-0.4, -0.2) is 22.0 Å². The molecule has 0 fully saturated rings. The zero-order valence-electron chi connectivity index (χ0n) is 13.3. The summed E-state index contributed by atoms with van der Waals surface area (Å²) in [5, 5.41) is 0.854. The number of hydrogen-bond donors (Lipinski definition) is 2. The molecule has 0 aliphatic rings. The Bertz CT molecular complexity index is 522. The summed E-state index contributed by atoms with van der Waals surface area (Å²) in [5.74, 6) is 2.08. The molecule has 23 heavy (non-hydrogen) atoms. The molecule has 0 amide bonds. The molecular formula is C18H22S5. The molecule has 2 rings (SSSR count). The summed E-state index contributed by atoms with van der Waals surface area (Å²) in [6.45, 7) is 4.25. The molecule has 0 N–H and O–H groups in total. The summed E-state index contributed by atoms with van der Waals surface area (Å²) >= 11 is 14.4. The molecule has 0 aliphatic carbocycles. The standard InChI is InChI=1S/C18H22S5/c1-13(19)11-21-15-3-7-17(8-4-15)23-18-9-5-16(6-10-18)22-12-14(2)20/h3-10,13-14,19-20H,11-12H2,1-2H3. The minimum atomic E-state index is 0.427. The minimum absolute atomic E-state index is 0.427. The van der Waals surface area contributed by atoms with Gasteiger partial charge in [-0.3, -0.25) is 0 Å². The van der Waals surface area contributed by atoms with Crippen molar-refractivity contribution in [3.63, 3.8) is 0 Å². The van der Waals surface area contributed by atoms with Gasteiger partial charge in [-0.2, -0.15) is 25.3 Å². The van der Waals surface area contributed by atoms with E-state index in [0.29, 0.717) is 10.5 Å². The van der Waals surface area contributed by atoms with E-state index >= 15 is 0 Å². The lowest BCUT2D eigenvalue weighted by atomic mass is 10.4. The van der Waals surface area contributed by atoms with Crippen molar-refractivity contribution >= 4 is 60.5 Å². The van der Waals surface area contributed by atoms with Crippen LogP contribution in [0.3, 0.4) is 0 Å². The minimum Gasteiger partial charge on any atom is -0.175 e. The van der Waals surface area contributed by atoms with E-state index in [2.05, 4.69) is 87.6 Å². The first-order valence-electron chi connectivity index (χ1n) is 7.52. The van der Waals surface area contributed by atoms with Crippen molar-refractivity contribution in [3.8, 4) is 0 Å². The quantitative estimate of drug-likeness (QED) is 0.377. The maximum absolute atomic E-state index is 4.42. The molecule has 0 heterocycles. The monoisotopic (exact) mass is 398 g/mol. The van der Waals surface area contributed by atoms with Crippen LogP contribution in [0, 0.1) is 0 Å². The number of rotatable bonds is 8. The van der Waals surface area contributed by atoms with Gasteiger partial charge in [0, 0.05) is 41.6 Å². The van der Waals surface area contributed by atoms with Crippen LogP contribution in [0.2, 0.25) is 0 Å². The Morgan fingerprint density at radius 1 is 0.652 bits per heavy atom. The third kappa shape index (κ3) is 7.74. The third-order valence-corrected chi connectivity index (χ3v) is 7.28. The zero-order valence-corrected chi connectivity index (χ0v) is 17.5. The first kappa shape index (κ1) is 19.5. The SMILES string of the molecule is CC(S)CSc1ccc(Sc2ccc(SCC(C)S)cc2)cc1. The fourth-order valence-electron chi connectivity index (χ4n) is 1.78. The van der Waals surface area contributed by atoms with E-state index in [1.165, 1.54) is 19.6 Å². The lowest BCUT2D eigenvalue weighted by Gasteiger charge is -2.07. The van der Waals surface area contributed by atoms with Gasteiger partial charge >= 0.3 is 0 Å². The van der Waals surface area contributed by atoms with Gasteiger partial charge in [0.15, 0.2) is 0 Å². The highest BCUT2D eigenvalue weighted by Gasteiger charge is 2.02. The molecule has 124 valence electrons. The summed E-state index contributed by atoms with van der Waals surface area (Å²) in [7, 11) is 0. The van der Waals surface area contributed by atoms with Crippen LogP contribution in [0.5, 0.6) is 0 Å². The van der Waals surface area contributed by atoms with Gasteiger partial charge in [0.25, 0.3) is 0 Å². The summed E-state index contributed by atoms with van der Waals surface area (Å²) in [6, 6.07) is 17.6. The molecule has 0 saturated heterocycles. The summed E-state index contributed by atoms with van der Waals surface area (Å²) in [6.07, 6.45) is 0. The largest absolute Gasteiger partial charge is 0.175 e. The van der Waals surface area contributed by atoms with E-state index in [1.807, 2.05) is 23.5 Å². The lowest BCUT2D eigenvalue weighted by Crippen LogP contribution is -1.93. The van der Waals surface area contributed by atoms with Crippen molar-refractivity contribution < 1.29 is 0 Å². The van der Waals surface area contributed by atoms with Crippen LogP contribution >= 0.6 is 60.5 Å². The second kappa shape index (κ2) is 10.2. The van der Waals surface area contributed by atoms with Gasteiger partial charge in [0.1, 0.15) is 0 Å². The van der Waals surface area contributed by atoms with E-state index in [0.717, 1.165) is 11.5 Å².